The van der Waals surface area contributed by atoms with Gasteiger partial charge in [0.15, 0.2) is 6.23 Å². The normalized spacial score (nSPS) is 36.7. The van der Waals surface area contributed by atoms with Crippen LogP contribution >= 0.6 is 0 Å². The third-order valence-corrected chi connectivity index (χ3v) is 4.61. The Balaban J connectivity index is 1.67. The maximum atomic E-state index is 12.5. The van der Waals surface area contributed by atoms with E-state index in [1.54, 1.807) is 0 Å². The van der Waals surface area contributed by atoms with Gasteiger partial charge in [-0.05, 0) is 0 Å². The fourth-order valence-corrected chi connectivity index (χ4v) is 3.76. The van der Waals surface area contributed by atoms with Crippen LogP contribution in [0.1, 0.15) is 24.6 Å². The van der Waals surface area contributed by atoms with Crippen molar-refractivity contribution < 1.29 is 14.3 Å². The van der Waals surface area contributed by atoms with Gasteiger partial charge in [-0.1, -0.05) is 30.3 Å². The maximum Gasteiger partial charge on any atom is 0.229 e. The average molecular weight is 257 g/mol. The second-order valence-corrected chi connectivity index (χ2v) is 5.63. The first-order chi connectivity index (χ1) is 9.25. The lowest BCUT2D eigenvalue weighted by Crippen LogP contribution is -2.34. The van der Waals surface area contributed by atoms with Gasteiger partial charge in [0.1, 0.15) is 5.78 Å². The zero-order chi connectivity index (χ0) is 13.0. The molecule has 1 amide bonds. The van der Waals surface area contributed by atoms with Gasteiger partial charge in [-0.15, -0.1) is 0 Å². The highest BCUT2D eigenvalue weighted by Gasteiger charge is 2.57. The van der Waals surface area contributed by atoms with E-state index < -0.39 is 0 Å². The van der Waals surface area contributed by atoms with Crippen LogP contribution in [0.2, 0.25) is 0 Å². The summed E-state index contributed by atoms with van der Waals surface area (Å²) >= 11 is 0. The first-order valence-electron chi connectivity index (χ1n) is 6.76. The van der Waals surface area contributed by atoms with Crippen molar-refractivity contribution in [3.8, 4) is 0 Å². The number of amides is 1. The van der Waals surface area contributed by atoms with Crippen LogP contribution in [0.5, 0.6) is 0 Å². The maximum absolute atomic E-state index is 12.5. The number of ketones is 1. The van der Waals surface area contributed by atoms with Gasteiger partial charge < -0.3 is 9.64 Å². The molecule has 19 heavy (non-hydrogen) atoms. The van der Waals surface area contributed by atoms with Crippen LogP contribution in [0.25, 0.3) is 0 Å². The number of benzene rings is 1. The number of carbonyl (C=O) groups excluding carboxylic acids is 2. The molecule has 0 aromatic heterocycles. The monoisotopic (exact) mass is 257 g/mol. The largest absolute Gasteiger partial charge is 0.352 e. The average Bonchev–Trinajstić information content (AvgIpc) is 3.06. The summed E-state index contributed by atoms with van der Waals surface area (Å²) in [4.78, 5) is 25.9. The van der Waals surface area contributed by atoms with E-state index in [2.05, 4.69) is 0 Å². The van der Waals surface area contributed by atoms with Gasteiger partial charge in [0.05, 0.1) is 18.6 Å². The van der Waals surface area contributed by atoms with E-state index in [9.17, 15) is 9.59 Å². The molecule has 0 radical (unpaired) electrons. The molecule has 0 spiro atoms. The second-order valence-electron chi connectivity index (χ2n) is 5.63. The van der Waals surface area contributed by atoms with Gasteiger partial charge in [-0.2, -0.15) is 0 Å². The van der Waals surface area contributed by atoms with Crippen molar-refractivity contribution in [1.82, 2.24) is 4.90 Å². The molecule has 2 heterocycles. The lowest BCUT2D eigenvalue weighted by Gasteiger charge is -2.23. The SMILES string of the molecule is O=C1C[C@@H]2[C@H]3CO[C@H](c4ccccc4)N3C(=O)[C@@H]2C1. The lowest BCUT2D eigenvalue weighted by molar-refractivity contribution is -0.138. The lowest BCUT2D eigenvalue weighted by atomic mass is 9.94. The standard InChI is InChI=1S/C15H15NO3/c17-10-6-11-12(7-10)14(18)16-13(11)8-19-15(16)9-4-2-1-3-5-9/h1-5,11-13,15H,6-8H2/t11-,12+,13+,15+/m0/s1. The van der Waals surface area contributed by atoms with Crippen molar-refractivity contribution in [3.05, 3.63) is 35.9 Å². The number of rotatable bonds is 1. The van der Waals surface area contributed by atoms with Crippen LogP contribution in [-0.4, -0.2) is 29.2 Å². The fourth-order valence-electron chi connectivity index (χ4n) is 3.76. The molecule has 4 heteroatoms. The van der Waals surface area contributed by atoms with E-state index >= 15 is 0 Å². The van der Waals surface area contributed by atoms with Crippen LogP contribution in [-0.2, 0) is 14.3 Å². The van der Waals surface area contributed by atoms with Crippen LogP contribution < -0.4 is 0 Å². The Morgan fingerprint density at radius 2 is 1.89 bits per heavy atom. The first-order valence-corrected chi connectivity index (χ1v) is 6.76. The summed E-state index contributed by atoms with van der Waals surface area (Å²) < 4.78 is 5.81. The number of nitrogens with zero attached hydrogens (tertiary/aromatic N) is 1. The molecule has 4 atom stereocenters. The minimum Gasteiger partial charge on any atom is -0.352 e. The summed E-state index contributed by atoms with van der Waals surface area (Å²) in [5.41, 5.74) is 1.02. The number of hydrogen-bond donors (Lipinski definition) is 0. The molecule has 1 aromatic rings. The van der Waals surface area contributed by atoms with Crippen molar-refractivity contribution >= 4 is 11.7 Å². The summed E-state index contributed by atoms with van der Waals surface area (Å²) in [6.07, 6.45) is 0.708. The summed E-state index contributed by atoms with van der Waals surface area (Å²) in [5.74, 6) is 0.416. The first kappa shape index (κ1) is 11.2. The Hall–Kier alpha value is -1.68. The number of Topliss-reactive ketones (excluding diaryl/α,β-unsaturated/α-hetero) is 1. The minimum atomic E-state index is -0.264. The Labute approximate surface area is 111 Å². The molecule has 0 bridgehead atoms. The molecule has 4 rings (SSSR count). The number of hydrogen-bond acceptors (Lipinski definition) is 3. The molecule has 0 N–H and O–H groups in total. The smallest absolute Gasteiger partial charge is 0.229 e. The van der Waals surface area contributed by atoms with Gasteiger partial charge in [0.2, 0.25) is 5.91 Å². The molecular formula is C15H15NO3. The molecule has 2 aliphatic heterocycles. The summed E-state index contributed by atoms with van der Waals surface area (Å²) in [6.45, 7) is 0.555. The van der Waals surface area contributed by atoms with Crippen LogP contribution in [0.15, 0.2) is 30.3 Å². The fraction of sp³-hybridized carbons (Fsp3) is 0.467. The molecule has 1 aliphatic carbocycles. The predicted molar refractivity (Wildman–Crippen MR) is 67.0 cm³/mol. The molecule has 4 nitrogen and oxygen atoms in total. The van der Waals surface area contributed by atoms with Crippen molar-refractivity contribution in [2.75, 3.05) is 6.61 Å². The van der Waals surface area contributed by atoms with Crippen LogP contribution in [0.4, 0.5) is 0 Å². The van der Waals surface area contributed by atoms with Gasteiger partial charge in [0, 0.05) is 24.3 Å². The number of fused-ring (bicyclic) bond motifs is 3. The number of ether oxygens (including phenoxy) is 1. The predicted octanol–water partition coefficient (Wildman–Crippen LogP) is 1.52. The zero-order valence-electron chi connectivity index (χ0n) is 10.5. The van der Waals surface area contributed by atoms with E-state index in [0.717, 1.165) is 5.56 Å². The third kappa shape index (κ3) is 1.49. The quantitative estimate of drug-likeness (QED) is 0.766. The van der Waals surface area contributed by atoms with Gasteiger partial charge >= 0.3 is 0 Å². The Morgan fingerprint density at radius 1 is 1.11 bits per heavy atom. The van der Waals surface area contributed by atoms with Crippen molar-refractivity contribution in [3.63, 3.8) is 0 Å². The highest BCUT2D eigenvalue weighted by molar-refractivity contribution is 5.93. The van der Waals surface area contributed by atoms with Crippen LogP contribution in [0.3, 0.4) is 0 Å². The molecule has 1 saturated carbocycles. The molecule has 98 valence electrons. The number of carbonyl (C=O) groups is 2. The van der Waals surface area contributed by atoms with E-state index in [1.807, 2.05) is 35.2 Å². The van der Waals surface area contributed by atoms with Crippen molar-refractivity contribution in [2.24, 2.45) is 11.8 Å². The van der Waals surface area contributed by atoms with Gasteiger partial charge in [-0.3, -0.25) is 9.59 Å². The van der Waals surface area contributed by atoms with E-state index in [4.69, 9.17) is 4.74 Å². The van der Waals surface area contributed by atoms with E-state index in [1.165, 1.54) is 0 Å². The Bertz CT molecular complexity index is 542. The zero-order valence-corrected chi connectivity index (χ0v) is 10.5. The Morgan fingerprint density at radius 3 is 2.68 bits per heavy atom. The second kappa shape index (κ2) is 3.90. The van der Waals surface area contributed by atoms with Gasteiger partial charge in [0.25, 0.3) is 0 Å². The summed E-state index contributed by atoms with van der Waals surface area (Å²) in [7, 11) is 0. The molecule has 1 aromatic carbocycles. The van der Waals surface area contributed by atoms with E-state index in [-0.39, 0.29) is 35.8 Å². The molecule has 3 fully saturated rings. The summed E-state index contributed by atoms with van der Waals surface area (Å²) in [6, 6.07) is 9.93. The molecule has 0 unspecified atom stereocenters. The Kier molecular flexibility index (Phi) is 2.30. The molecule has 2 saturated heterocycles. The minimum absolute atomic E-state index is 0.0902. The molecule has 3 aliphatic rings. The highest BCUT2D eigenvalue weighted by Crippen LogP contribution is 2.48. The van der Waals surface area contributed by atoms with E-state index in [0.29, 0.717) is 19.4 Å². The van der Waals surface area contributed by atoms with Gasteiger partial charge in [-0.25, -0.2) is 0 Å². The molecular weight excluding hydrogens is 242 g/mol. The highest BCUT2D eigenvalue weighted by atomic mass is 16.5. The summed E-state index contributed by atoms with van der Waals surface area (Å²) in [5, 5.41) is 0. The van der Waals surface area contributed by atoms with Crippen LogP contribution in [0, 0.1) is 11.8 Å². The third-order valence-electron chi connectivity index (χ3n) is 4.61. The van der Waals surface area contributed by atoms with Crippen molar-refractivity contribution in [1.29, 1.82) is 0 Å². The van der Waals surface area contributed by atoms with Crippen molar-refractivity contribution in [2.45, 2.75) is 25.1 Å². The topological polar surface area (TPSA) is 46.6 Å².